The van der Waals surface area contributed by atoms with Crippen molar-refractivity contribution in [2.75, 3.05) is 86.9 Å². The largest absolute Gasteiger partial charge is 0.472 e. The maximum atomic E-state index is 16.9. The fourth-order valence-electron chi connectivity index (χ4n) is 12.8. The number of hydrogen-bond donors (Lipinski definition) is 3. The molecule has 6 aromatic heterocycles. The summed E-state index contributed by atoms with van der Waals surface area (Å²) >= 11 is 0. The average Bonchev–Trinajstić information content (AvgIpc) is 1.64. The minimum Gasteiger partial charge on any atom is -0.472 e. The molecule has 3 N–H and O–H groups in total. The summed E-state index contributed by atoms with van der Waals surface area (Å²) in [6, 6.07) is 22.8. The number of carbonyl (C=O) groups is 2. The number of halogens is 1. The summed E-state index contributed by atoms with van der Waals surface area (Å²) in [6.07, 6.45) is 9.97. The van der Waals surface area contributed by atoms with Crippen molar-refractivity contribution in [1.29, 1.82) is 0 Å². The molecule has 0 radical (unpaired) electrons. The predicted molar refractivity (Wildman–Crippen MR) is 353 cm³/mol. The topological polar surface area (TPSA) is 163 Å². The Morgan fingerprint density at radius 1 is 0.580 bits per heavy atom. The van der Waals surface area contributed by atoms with Crippen molar-refractivity contribution >= 4 is 56.6 Å². The number of fused-ring (bicyclic) bond motifs is 2. The zero-order chi connectivity index (χ0) is 62.0. The molecule has 4 aromatic carbocycles. The highest BCUT2D eigenvalue weighted by Crippen LogP contribution is 2.49. The number of aromatic nitrogens is 8. The number of aromatic amines is 1. The molecule has 10 aromatic rings. The second-order valence-corrected chi connectivity index (χ2v) is 23.6. The van der Waals surface area contributed by atoms with Crippen molar-refractivity contribution < 1.29 is 18.7 Å². The summed E-state index contributed by atoms with van der Waals surface area (Å²) in [5.74, 6) is -0.848. The van der Waals surface area contributed by atoms with E-state index in [0.717, 1.165) is 153 Å². The van der Waals surface area contributed by atoms with Crippen LogP contribution in [-0.2, 0) is 30.4 Å². The number of carbonyl (C=O) groups excluding carboxylic acids is 2. The van der Waals surface area contributed by atoms with Gasteiger partial charge in [-0.25, -0.2) is 14.4 Å². The number of ether oxygens (including phenoxy) is 1. The van der Waals surface area contributed by atoms with Gasteiger partial charge in [-0.05, 0) is 156 Å². The zero-order valence-corrected chi connectivity index (χ0v) is 52.1. The molecule has 8 heterocycles. The number of likely N-dealkylation sites (N-methyl/N-ethyl adjacent to an activating group) is 2. The molecule has 0 spiro atoms. The summed E-state index contributed by atoms with van der Waals surface area (Å²) in [4.78, 5) is 50.5. The van der Waals surface area contributed by atoms with Gasteiger partial charge in [0, 0.05) is 163 Å². The number of rotatable bonds is 15. The maximum Gasteiger partial charge on any atom is 0.247 e. The molecule has 2 saturated heterocycles. The number of aryl methyl sites for hydroxylation is 4. The first kappa shape index (κ1) is 58.7. The predicted octanol–water partition coefficient (Wildman–Crippen LogP) is 12.5. The average molecular weight is 1180 g/mol. The van der Waals surface area contributed by atoms with Crippen molar-refractivity contribution in [3.63, 3.8) is 0 Å². The zero-order valence-electron chi connectivity index (χ0n) is 52.1. The standard InChI is InChI=1S/C70H75FN14O3/c1-14-60(86)76-58-32-49(64-62-40(3)53(55-37-74-81(12)45(55)8)35-72-69(62)78-67(64)47-16-20-50(21-17-47)83-28-24-79(10)25-29-83)33-59(44(58)7)88-39-85-68(48-18-22-51(23-19-48)84-30-26-80(11)27-31-84)65(52-34-57(71)43(6)66(42(52)5)77-61(87)15-2)63-41(4)54(36-73-70(63)85)56-38-75-82(13)46(56)9/h14-23,32-38H,1-2,24-31,39H2,3-13H3,(H,72,78)(H,76,86)(H,77,87). The van der Waals surface area contributed by atoms with Gasteiger partial charge in [0.2, 0.25) is 11.8 Å². The smallest absolute Gasteiger partial charge is 0.247 e. The Morgan fingerprint density at radius 3 is 1.66 bits per heavy atom. The van der Waals surface area contributed by atoms with Crippen LogP contribution in [0.3, 0.4) is 0 Å². The molecule has 88 heavy (non-hydrogen) atoms. The van der Waals surface area contributed by atoms with Gasteiger partial charge in [-0.2, -0.15) is 10.2 Å². The lowest BCUT2D eigenvalue weighted by Gasteiger charge is -2.34. The summed E-state index contributed by atoms with van der Waals surface area (Å²) in [6.45, 7) is 28.7. The van der Waals surface area contributed by atoms with E-state index in [1.165, 1.54) is 12.2 Å². The summed E-state index contributed by atoms with van der Waals surface area (Å²) in [5, 5.41) is 17.0. The molecule has 0 unspecified atom stereocenters. The summed E-state index contributed by atoms with van der Waals surface area (Å²) < 4.78 is 30.0. The van der Waals surface area contributed by atoms with Gasteiger partial charge in [0.05, 0.1) is 29.5 Å². The molecular weight excluding hydrogens is 1100 g/mol. The van der Waals surface area contributed by atoms with Gasteiger partial charge >= 0.3 is 0 Å². The van der Waals surface area contributed by atoms with Gasteiger partial charge in [0.15, 0.2) is 6.73 Å². The Balaban J connectivity index is 1.09. The third-order valence-electron chi connectivity index (χ3n) is 18.4. The van der Waals surface area contributed by atoms with Crippen molar-refractivity contribution in [2.45, 2.75) is 55.2 Å². The number of benzene rings is 4. The lowest BCUT2D eigenvalue weighted by molar-refractivity contribution is -0.112. The highest BCUT2D eigenvalue weighted by Gasteiger charge is 2.30. The van der Waals surface area contributed by atoms with Crippen LogP contribution in [0.5, 0.6) is 5.75 Å². The van der Waals surface area contributed by atoms with Gasteiger partial charge < -0.3 is 40.0 Å². The third-order valence-corrected chi connectivity index (χ3v) is 18.4. The van der Waals surface area contributed by atoms with Crippen molar-refractivity contribution in [3.05, 3.63) is 162 Å². The number of piperazine rings is 2. The molecule has 0 aliphatic carbocycles. The Labute approximate surface area is 512 Å². The number of nitrogens with one attached hydrogen (secondary N) is 3. The van der Waals surface area contributed by atoms with E-state index in [2.05, 4.69) is 147 Å². The highest BCUT2D eigenvalue weighted by atomic mass is 19.1. The quantitative estimate of drug-likeness (QED) is 0.0838. The first-order chi connectivity index (χ1) is 42.3. The molecule has 2 fully saturated rings. The molecule has 2 aliphatic heterocycles. The van der Waals surface area contributed by atoms with Crippen LogP contribution in [0.1, 0.15) is 39.2 Å². The minimum atomic E-state index is -0.490. The van der Waals surface area contributed by atoms with Crippen molar-refractivity contribution in [3.8, 4) is 72.8 Å². The van der Waals surface area contributed by atoms with Crippen LogP contribution in [0.25, 0.3) is 89.1 Å². The molecule has 0 bridgehead atoms. The molecule has 0 saturated carbocycles. The highest BCUT2D eigenvalue weighted by molar-refractivity contribution is 6.10. The van der Waals surface area contributed by atoms with Gasteiger partial charge in [-0.15, -0.1) is 0 Å². The van der Waals surface area contributed by atoms with E-state index in [1.807, 2.05) is 81.2 Å². The number of nitrogens with zero attached hydrogens (tertiary/aromatic N) is 11. The van der Waals surface area contributed by atoms with Crippen LogP contribution in [0.4, 0.5) is 27.1 Å². The fourth-order valence-corrected chi connectivity index (χ4v) is 12.8. The molecule has 17 nitrogen and oxygen atoms in total. The normalized spacial score (nSPS) is 14.1. The number of H-pyrrole nitrogens is 1. The first-order valence-corrected chi connectivity index (χ1v) is 29.9. The van der Waals surface area contributed by atoms with Crippen LogP contribution in [0, 0.1) is 54.3 Å². The molecule has 12 rings (SSSR count). The molecule has 2 aliphatic rings. The summed E-state index contributed by atoms with van der Waals surface area (Å²) in [7, 11) is 8.16. The summed E-state index contributed by atoms with van der Waals surface area (Å²) in [5.41, 5.74) is 19.8. The van der Waals surface area contributed by atoms with Gasteiger partial charge in [0.25, 0.3) is 0 Å². The second kappa shape index (κ2) is 23.6. The van der Waals surface area contributed by atoms with E-state index in [-0.39, 0.29) is 12.6 Å². The van der Waals surface area contributed by atoms with E-state index < -0.39 is 11.7 Å². The van der Waals surface area contributed by atoms with Crippen LogP contribution in [-0.4, -0.2) is 127 Å². The number of hydrogen-bond acceptors (Lipinski definition) is 11. The fraction of sp³-hybridized carbons (Fsp3) is 0.286. The first-order valence-electron chi connectivity index (χ1n) is 29.9. The van der Waals surface area contributed by atoms with Crippen molar-refractivity contribution in [2.24, 2.45) is 14.1 Å². The number of pyridine rings is 2. The Morgan fingerprint density at radius 2 is 1.11 bits per heavy atom. The van der Waals surface area contributed by atoms with Gasteiger partial charge in [-0.1, -0.05) is 37.4 Å². The molecule has 450 valence electrons. The monoisotopic (exact) mass is 1180 g/mol. The van der Waals surface area contributed by atoms with Crippen LogP contribution in [0.2, 0.25) is 0 Å². The van der Waals surface area contributed by atoms with E-state index in [9.17, 15) is 9.59 Å². The SMILES string of the molecule is C=CC(=O)Nc1cc(-c2c(-c3ccc(N4CCN(C)CC4)cc3)[nH]c3ncc(-c4cnn(C)c4C)c(C)c23)cc(OCn2c(-c3ccc(N4CCN(C)CC4)cc3)c(-c3cc(F)c(C)c(NC(=O)C=C)c3C)c3c(C)c(-c4cnn(C)c4C)cnc32)c1C. The molecular formula is C70H75FN14O3. The maximum absolute atomic E-state index is 16.9. The van der Waals surface area contributed by atoms with Crippen LogP contribution in [0.15, 0.2) is 117 Å². The van der Waals surface area contributed by atoms with E-state index in [1.54, 1.807) is 13.0 Å². The van der Waals surface area contributed by atoms with Crippen molar-refractivity contribution in [1.82, 2.24) is 48.9 Å². The number of anilines is 4. The van der Waals surface area contributed by atoms with E-state index in [4.69, 9.17) is 14.7 Å². The third kappa shape index (κ3) is 10.5. The molecule has 0 atom stereocenters. The lowest BCUT2D eigenvalue weighted by atomic mass is 9.90. The molecule has 2 amide bonds. The van der Waals surface area contributed by atoms with E-state index >= 15 is 4.39 Å². The molecule has 18 heteroatoms. The second-order valence-electron chi connectivity index (χ2n) is 23.6. The lowest BCUT2D eigenvalue weighted by Crippen LogP contribution is -2.44. The van der Waals surface area contributed by atoms with Crippen LogP contribution >= 0.6 is 0 Å². The van der Waals surface area contributed by atoms with Gasteiger partial charge in [-0.3, -0.25) is 23.5 Å². The Bertz CT molecular complexity index is 4420. The van der Waals surface area contributed by atoms with Gasteiger partial charge in [0.1, 0.15) is 22.9 Å². The minimum absolute atomic E-state index is 0.0875. The Kier molecular flexibility index (Phi) is 15.7. The van der Waals surface area contributed by atoms with E-state index in [0.29, 0.717) is 56.2 Å². The Hall–Kier alpha value is -9.65. The van der Waals surface area contributed by atoms with Crippen LogP contribution < -0.4 is 25.2 Å². The number of amides is 2.